The summed E-state index contributed by atoms with van der Waals surface area (Å²) in [7, 11) is 1.70. The van der Waals surface area contributed by atoms with Crippen LogP contribution in [0, 0.1) is 11.3 Å². The second kappa shape index (κ2) is 7.09. The highest BCUT2D eigenvalue weighted by Gasteiger charge is 2.47. The number of amidine groups is 1. The van der Waals surface area contributed by atoms with Crippen molar-refractivity contribution in [2.45, 2.75) is 25.7 Å². The molecule has 1 amide bonds. The summed E-state index contributed by atoms with van der Waals surface area (Å²) < 4.78 is 10.5. The van der Waals surface area contributed by atoms with Crippen LogP contribution in [-0.2, 0) is 14.3 Å². The summed E-state index contributed by atoms with van der Waals surface area (Å²) in [4.78, 5) is 14.7. The van der Waals surface area contributed by atoms with Gasteiger partial charge in [-0.05, 0) is 31.6 Å². The molecule has 0 bridgehead atoms. The SMILES string of the molecule is COCC1CCN(C(=O)C2(C(N)=NO)CCOCC2)CC1. The number of hydrogen-bond acceptors (Lipinski definition) is 5. The van der Waals surface area contributed by atoms with Gasteiger partial charge >= 0.3 is 0 Å². The molecule has 7 nitrogen and oxygen atoms in total. The summed E-state index contributed by atoms with van der Waals surface area (Å²) >= 11 is 0. The first-order chi connectivity index (χ1) is 10.1. The lowest BCUT2D eigenvalue weighted by molar-refractivity contribution is -0.144. The maximum Gasteiger partial charge on any atom is 0.236 e. The molecule has 2 rings (SSSR count). The quantitative estimate of drug-likeness (QED) is 0.339. The van der Waals surface area contributed by atoms with Crippen molar-refractivity contribution in [2.75, 3.05) is 40.0 Å². The molecule has 0 aromatic carbocycles. The molecule has 7 heteroatoms. The number of carbonyl (C=O) groups excluding carboxylic acids is 1. The Morgan fingerprint density at radius 2 is 2.05 bits per heavy atom. The highest BCUT2D eigenvalue weighted by atomic mass is 16.5. The monoisotopic (exact) mass is 299 g/mol. The molecule has 2 heterocycles. The average Bonchev–Trinajstić information content (AvgIpc) is 2.55. The number of methoxy groups -OCH3 is 1. The highest BCUT2D eigenvalue weighted by molar-refractivity contribution is 6.06. The maximum atomic E-state index is 12.9. The molecule has 0 atom stereocenters. The van der Waals surface area contributed by atoms with Gasteiger partial charge in [0.1, 0.15) is 5.41 Å². The molecule has 0 spiro atoms. The van der Waals surface area contributed by atoms with E-state index >= 15 is 0 Å². The topological polar surface area (TPSA) is 97.4 Å². The predicted octanol–water partition coefficient (Wildman–Crippen LogP) is 0.415. The second-order valence-electron chi connectivity index (χ2n) is 5.87. The van der Waals surface area contributed by atoms with Crippen LogP contribution in [-0.4, -0.2) is 61.9 Å². The lowest BCUT2D eigenvalue weighted by atomic mass is 9.77. The van der Waals surface area contributed by atoms with Crippen LogP contribution in [0.4, 0.5) is 0 Å². The van der Waals surface area contributed by atoms with Crippen molar-refractivity contribution in [2.24, 2.45) is 22.2 Å². The van der Waals surface area contributed by atoms with Crippen LogP contribution >= 0.6 is 0 Å². The summed E-state index contributed by atoms with van der Waals surface area (Å²) in [5.74, 6) is 0.486. The third kappa shape index (κ3) is 3.29. The Hall–Kier alpha value is -1.34. The third-order valence-electron chi connectivity index (χ3n) is 4.66. The van der Waals surface area contributed by atoms with Crippen molar-refractivity contribution in [3.63, 3.8) is 0 Å². The molecule has 2 saturated heterocycles. The number of rotatable bonds is 4. The predicted molar refractivity (Wildman–Crippen MR) is 77.1 cm³/mol. The smallest absolute Gasteiger partial charge is 0.236 e. The molecule has 120 valence electrons. The summed E-state index contributed by atoms with van der Waals surface area (Å²) in [5, 5.41) is 12.2. The van der Waals surface area contributed by atoms with Crippen LogP contribution in [0.25, 0.3) is 0 Å². The first kappa shape index (κ1) is 16.0. The van der Waals surface area contributed by atoms with Gasteiger partial charge in [-0.3, -0.25) is 4.79 Å². The van der Waals surface area contributed by atoms with E-state index in [1.165, 1.54) is 0 Å². The van der Waals surface area contributed by atoms with E-state index in [-0.39, 0.29) is 11.7 Å². The fourth-order valence-corrected chi connectivity index (χ4v) is 3.24. The molecular weight excluding hydrogens is 274 g/mol. The zero-order valence-corrected chi connectivity index (χ0v) is 12.6. The van der Waals surface area contributed by atoms with E-state index in [1.807, 2.05) is 4.90 Å². The molecule has 2 aliphatic heterocycles. The molecule has 0 aromatic rings. The van der Waals surface area contributed by atoms with E-state index in [0.29, 0.717) is 45.1 Å². The fourth-order valence-electron chi connectivity index (χ4n) is 3.24. The summed E-state index contributed by atoms with van der Waals surface area (Å²) in [6.45, 7) is 3.06. The minimum atomic E-state index is -0.902. The summed E-state index contributed by atoms with van der Waals surface area (Å²) in [5.41, 5.74) is 4.94. The number of carbonyl (C=O) groups is 1. The molecule has 0 aromatic heterocycles. The Labute approximate surface area is 125 Å². The molecule has 2 fully saturated rings. The van der Waals surface area contributed by atoms with Crippen LogP contribution < -0.4 is 5.73 Å². The summed E-state index contributed by atoms with van der Waals surface area (Å²) in [6, 6.07) is 0. The Kier molecular flexibility index (Phi) is 5.41. The Morgan fingerprint density at radius 1 is 1.43 bits per heavy atom. The number of oxime groups is 1. The number of hydrogen-bond donors (Lipinski definition) is 2. The van der Waals surface area contributed by atoms with E-state index in [9.17, 15) is 4.79 Å². The zero-order chi connectivity index (χ0) is 15.3. The first-order valence-corrected chi connectivity index (χ1v) is 7.48. The number of nitrogens with zero attached hydrogens (tertiary/aromatic N) is 2. The summed E-state index contributed by atoms with van der Waals surface area (Å²) in [6.07, 6.45) is 2.81. The van der Waals surface area contributed by atoms with Crippen molar-refractivity contribution >= 4 is 11.7 Å². The second-order valence-corrected chi connectivity index (χ2v) is 5.87. The molecule has 3 N–H and O–H groups in total. The number of nitrogens with two attached hydrogens (primary N) is 1. The Balaban J connectivity index is 2.06. The lowest BCUT2D eigenvalue weighted by Crippen LogP contribution is -2.55. The molecular formula is C14H25N3O4. The first-order valence-electron chi connectivity index (χ1n) is 7.48. The van der Waals surface area contributed by atoms with Crippen LogP contribution in [0.5, 0.6) is 0 Å². The minimum absolute atomic E-state index is 0.00909. The highest BCUT2D eigenvalue weighted by Crippen LogP contribution is 2.34. The van der Waals surface area contributed by atoms with Crippen molar-refractivity contribution < 1.29 is 19.5 Å². The van der Waals surface area contributed by atoms with Crippen molar-refractivity contribution in [1.82, 2.24) is 4.90 Å². The van der Waals surface area contributed by atoms with Gasteiger partial charge in [-0.15, -0.1) is 0 Å². The van der Waals surface area contributed by atoms with Gasteiger partial charge in [0.05, 0.1) is 0 Å². The molecule has 0 unspecified atom stereocenters. The van der Waals surface area contributed by atoms with Gasteiger partial charge in [0.2, 0.25) is 5.91 Å². The Morgan fingerprint density at radius 3 is 2.57 bits per heavy atom. The van der Waals surface area contributed by atoms with Gasteiger partial charge in [0.15, 0.2) is 5.84 Å². The van der Waals surface area contributed by atoms with Gasteiger partial charge in [0, 0.05) is 40.0 Å². The van der Waals surface area contributed by atoms with Gasteiger partial charge in [-0.1, -0.05) is 5.16 Å². The molecule has 0 saturated carbocycles. The van der Waals surface area contributed by atoms with E-state index in [2.05, 4.69) is 5.16 Å². The van der Waals surface area contributed by atoms with Crippen LogP contribution in [0.3, 0.4) is 0 Å². The average molecular weight is 299 g/mol. The molecule has 21 heavy (non-hydrogen) atoms. The van der Waals surface area contributed by atoms with Gasteiger partial charge in [-0.25, -0.2) is 0 Å². The van der Waals surface area contributed by atoms with Crippen LogP contribution in [0.1, 0.15) is 25.7 Å². The van der Waals surface area contributed by atoms with Crippen LogP contribution in [0.2, 0.25) is 0 Å². The largest absolute Gasteiger partial charge is 0.409 e. The van der Waals surface area contributed by atoms with Crippen molar-refractivity contribution in [3.05, 3.63) is 0 Å². The van der Waals surface area contributed by atoms with Gasteiger partial charge in [0.25, 0.3) is 0 Å². The van der Waals surface area contributed by atoms with E-state index in [4.69, 9.17) is 20.4 Å². The van der Waals surface area contributed by atoms with Crippen LogP contribution in [0.15, 0.2) is 5.16 Å². The van der Waals surface area contributed by atoms with Crippen molar-refractivity contribution in [3.8, 4) is 0 Å². The van der Waals surface area contributed by atoms with Gasteiger partial charge in [-0.2, -0.15) is 0 Å². The Bertz CT molecular complexity index is 386. The minimum Gasteiger partial charge on any atom is -0.409 e. The number of amides is 1. The maximum absolute atomic E-state index is 12.9. The molecule has 0 aliphatic carbocycles. The van der Waals surface area contributed by atoms with E-state index in [0.717, 1.165) is 19.4 Å². The number of piperidine rings is 1. The molecule has 0 radical (unpaired) electrons. The lowest BCUT2D eigenvalue weighted by Gasteiger charge is -2.41. The molecule has 2 aliphatic rings. The number of likely N-dealkylation sites (tertiary alicyclic amines) is 1. The van der Waals surface area contributed by atoms with E-state index in [1.54, 1.807) is 7.11 Å². The normalized spacial score (nSPS) is 24.0. The standard InChI is InChI=1S/C14H25N3O4/c1-20-10-11-2-6-17(7-3-11)13(18)14(12(15)16-19)4-8-21-9-5-14/h11,19H,2-10H2,1H3,(H2,15,16). The number of ether oxygens (including phenoxy) is 2. The fraction of sp³-hybridized carbons (Fsp3) is 0.857. The van der Waals surface area contributed by atoms with Gasteiger partial charge < -0.3 is 25.3 Å². The zero-order valence-electron chi connectivity index (χ0n) is 12.6. The third-order valence-corrected chi connectivity index (χ3v) is 4.66. The van der Waals surface area contributed by atoms with Crippen molar-refractivity contribution in [1.29, 1.82) is 0 Å². The van der Waals surface area contributed by atoms with E-state index < -0.39 is 5.41 Å².